The van der Waals surface area contributed by atoms with Crippen molar-refractivity contribution in [1.29, 1.82) is 0 Å². The summed E-state index contributed by atoms with van der Waals surface area (Å²) in [5, 5.41) is 4.64. The molecular weight excluding hydrogens is 266 g/mol. The van der Waals surface area contributed by atoms with Crippen LogP contribution in [0.4, 0.5) is 0 Å². The van der Waals surface area contributed by atoms with Gasteiger partial charge in [0.2, 0.25) is 0 Å². The predicted molar refractivity (Wildman–Crippen MR) is 86.9 cm³/mol. The number of hydrogen-bond acceptors (Lipinski definition) is 3. The van der Waals surface area contributed by atoms with Gasteiger partial charge in [0, 0.05) is 17.7 Å². The molecule has 2 unspecified atom stereocenters. The number of hydrogen-bond donors (Lipinski definition) is 1. The van der Waals surface area contributed by atoms with Crippen LogP contribution in [0.5, 0.6) is 5.75 Å². The molecule has 0 aromatic heterocycles. The van der Waals surface area contributed by atoms with Gasteiger partial charge >= 0.3 is 0 Å². The highest BCUT2D eigenvalue weighted by atomic mass is 32.2. The Labute approximate surface area is 126 Å². The molecule has 20 heavy (non-hydrogen) atoms. The minimum atomic E-state index is 0.747. The summed E-state index contributed by atoms with van der Waals surface area (Å²) in [6.45, 7) is 4.23. The lowest BCUT2D eigenvalue weighted by Gasteiger charge is -2.13. The third kappa shape index (κ3) is 3.50. The van der Waals surface area contributed by atoms with Gasteiger partial charge in [-0.25, -0.2) is 0 Å². The highest BCUT2D eigenvalue weighted by Gasteiger charge is 2.23. The van der Waals surface area contributed by atoms with Crippen LogP contribution in [-0.4, -0.2) is 30.2 Å². The molecule has 1 N–H and O–H groups in total. The fraction of sp³-hybridized carbons (Fsp3) is 0.647. The average Bonchev–Trinajstić information content (AvgIpc) is 3.08. The molecule has 1 heterocycles. The third-order valence-corrected chi connectivity index (χ3v) is 5.62. The monoisotopic (exact) mass is 291 g/mol. The van der Waals surface area contributed by atoms with E-state index in [0.717, 1.165) is 43.0 Å². The average molecular weight is 291 g/mol. The largest absolute Gasteiger partial charge is 0.493 e. The Balaban J connectivity index is 1.42. The van der Waals surface area contributed by atoms with E-state index in [1.807, 2.05) is 0 Å². The van der Waals surface area contributed by atoms with Crippen molar-refractivity contribution < 1.29 is 4.74 Å². The molecule has 0 saturated heterocycles. The van der Waals surface area contributed by atoms with Gasteiger partial charge in [0.05, 0.1) is 6.61 Å². The summed E-state index contributed by atoms with van der Waals surface area (Å²) in [4.78, 5) is 0. The van der Waals surface area contributed by atoms with Gasteiger partial charge in [0.25, 0.3) is 0 Å². The molecule has 0 radical (unpaired) electrons. The first-order valence-electron chi connectivity index (χ1n) is 7.94. The van der Waals surface area contributed by atoms with Crippen LogP contribution in [0.2, 0.25) is 0 Å². The second-order valence-electron chi connectivity index (χ2n) is 5.83. The van der Waals surface area contributed by atoms with E-state index in [9.17, 15) is 0 Å². The fourth-order valence-electron chi connectivity index (χ4n) is 3.33. The summed E-state index contributed by atoms with van der Waals surface area (Å²) in [6.07, 6.45) is 6.32. The Morgan fingerprint density at radius 3 is 3.20 bits per heavy atom. The molecule has 1 aromatic rings. The normalized spacial score (nSPS) is 24.6. The molecule has 2 nitrogen and oxygen atoms in total. The molecule has 2 aliphatic rings. The van der Waals surface area contributed by atoms with Gasteiger partial charge < -0.3 is 10.1 Å². The SMILES string of the molecule is CCSC1CCC(NCCc2ccc3c(c2)CCO3)C1. The Bertz CT molecular complexity index is 449. The summed E-state index contributed by atoms with van der Waals surface area (Å²) in [5.74, 6) is 2.35. The number of fused-ring (bicyclic) bond motifs is 1. The van der Waals surface area contributed by atoms with Gasteiger partial charge in [-0.05, 0) is 55.2 Å². The molecular formula is C17H25NOS. The van der Waals surface area contributed by atoms with E-state index in [2.05, 4.69) is 42.2 Å². The Morgan fingerprint density at radius 2 is 2.30 bits per heavy atom. The summed E-state index contributed by atoms with van der Waals surface area (Å²) in [6, 6.07) is 7.43. The molecule has 1 aromatic carbocycles. The van der Waals surface area contributed by atoms with E-state index >= 15 is 0 Å². The molecule has 110 valence electrons. The van der Waals surface area contributed by atoms with Crippen molar-refractivity contribution in [2.24, 2.45) is 0 Å². The number of benzene rings is 1. The molecule has 0 bridgehead atoms. The van der Waals surface area contributed by atoms with E-state index in [4.69, 9.17) is 4.74 Å². The molecule has 0 spiro atoms. The Morgan fingerprint density at radius 1 is 1.35 bits per heavy atom. The first-order chi connectivity index (χ1) is 9.85. The summed E-state index contributed by atoms with van der Waals surface area (Å²) in [5.41, 5.74) is 2.84. The van der Waals surface area contributed by atoms with Crippen LogP contribution in [0.25, 0.3) is 0 Å². The Hall–Kier alpha value is -0.670. The molecule has 1 saturated carbocycles. The third-order valence-electron chi connectivity index (χ3n) is 4.39. The van der Waals surface area contributed by atoms with Gasteiger partial charge in [0.15, 0.2) is 0 Å². The van der Waals surface area contributed by atoms with Crippen molar-refractivity contribution in [3.63, 3.8) is 0 Å². The second kappa shape index (κ2) is 6.86. The summed E-state index contributed by atoms with van der Waals surface area (Å²) in [7, 11) is 0. The lowest BCUT2D eigenvalue weighted by molar-refractivity contribution is 0.357. The quantitative estimate of drug-likeness (QED) is 0.867. The highest BCUT2D eigenvalue weighted by molar-refractivity contribution is 7.99. The zero-order valence-corrected chi connectivity index (χ0v) is 13.2. The minimum absolute atomic E-state index is 0.747. The number of ether oxygens (including phenoxy) is 1. The predicted octanol–water partition coefficient (Wildman–Crippen LogP) is 3.43. The molecule has 1 aliphatic heterocycles. The van der Waals surface area contributed by atoms with Crippen LogP contribution in [0.1, 0.15) is 37.3 Å². The fourth-order valence-corrected chi connectivity index (χ4v) is 4.47. The minimum Gasteiger partial charge on any atom is -0.493 e. The van der Waals surface area contributed by atoms with Crippen molar-refractivity contribution in [2.45, 2.75) is 50.3 Å². The number of rotatable bonds is 6. The van der Waals surface area contributed by atoms with Crippen molar-refractivity contribution >= 4 is 11.8 Å². The van der Waals surface area contributed by atoms with E-state index < -0.39 is 0 Å². The van der Waals surface area contributed by atoms with E-state index in [1.165, 1.54) is 36.1 Å². The van der Waals surface area contributed by atoms with Crippen LogP contribution in [-0.2, 0) is 12.8 Å². The zero-order chi connectivity index (χ0) is 13.8. The lowest BCUT2D eigenvalue weighted by Crippen LogP contribution is -2.28. The van der Waals surface area contributed by atoms with Gasteiger partial charge in [-0.1, -0.05) is 19.1 Å². The maximum absolute atomic E-state index is 5.56. The molecule has 1 fully saturated rings. The van der Waals surface area contributed by atoms with E-state index in [0.29, 0.717) is 0 Å². The second-order valence-corrected chi connectivity index (χ2v) is 7.41. The molecule has 2 atom stereocenters. The van der Waals surface area contributed by atoms with Crippen molar-refractivity contribution in [3.05, 3.63) is 29.3 Å². The number of nitrogens with one attached hydrogen (secondary N) is 1. The van der Waals surface area contributed by atoms with Gasteiger partial charge in [-0.15, -0.1) is 0 Å². The Kier molecular flexibility index (Phi) is 4.90. The standard InChI is InChI=1S/C17H25NOS/c1-2-20-16-5-4-15(12-16)18-9-7-13-3-6-17-14(11-13)8-10-19-17/h3,6,11,15-16,18H,2,4-5,7-10,12H2,1H3. The lowest BCUT2D eigenvalue weighted by atomic mass is 10.1. The first-order valence-corrected chi connectivity index (χ1v) is 8.99. The highest BCUT2D eigenvalue weighted by Crippen LogP contribution is 2.30. The van der Waals surface area contributed by atoms with Crippen LogP contribution >= 0.6 is 11.8 Å². The molecule has 3 rings (SSSR count). The maximum atomic E-state index is 5.56. The first kappa shape index (κ1) is 14.3. The van der Waals surface area contributed by atoms with Crippen LogP contribution < -0.4 is 10.1 Å². The topological polar surface area (TPSA) is 21.3 Å². The smallest absolute Gasteiger partial charge is 0.122 e. The van der Waals surface area contributed by atoms with Crippen molar-refractivity contribution in [3.8, 4) is 5.75 Å². The summed E-state index contributed by atoms with van der Waals surface area (Å²) >= 11 is 2.13. The van der Waals surface area contributed by atoms with Crippen molar-refractivity contribution in [1.82, 2.24) is 5.32 Å². The summed E-state index contributed by atoms with van der Waals surface area (Å²) < 4.78 is 5.56. The maximum Gasteiger partial charge on any atom is 0.122 e. The van der Waals surface area contributed by atoms with Crippen LogP contribution in [0, 0.1) is 0 Å². The van der Waals surface area contributed by atoms with Gasteiger partial charge in [-0.2, -0.15) is 11.8 Å². The number of thioether (sulfide) groups is 1. The molecule has 0 amide bonds. The van der Waals surface area contributed by atoms with Gasteiger partial charge in [-0.3, -0.25) is 0 Å². The van der Waals surface area contributed by atoms with E-state index in [-0.39, 0.29) is 0 Å². The van der Waals surface area contributed by atoms with E-state index in [1.54, 1.807) is 0 Å². The van der Waals surface area contributed by atoms with Gasteiger partial charge in [0.1, 0.15) is 5.75 Å². The van der Waals surface area contributed by atoms with Crippen LogP contribution in [0.3, 0.4) is 0 Å². The van der Waals surface area contributed by atoms with Crippen molar-refractivity contribution in [2.75, 3.05) is 18.9 Å². The van der Waals surface area contributed by atoms with Crippen LogP contribution in [0.15, 0.2) is 18.2 Å². The molecule has 1 aliphatic carbocycles. The zero-order valence-electron chi connectivity index (χ0n) is 12.4. The molecule has 3 heteroatoms.